The van der Waals surface area contributed by atoms with Crippen molar-refractivity contribution < 1.29 is 13.2 Å². The summed E-state index contributed by atoms with van der Waals surface area (Å²) in [6.07, 6.45) is 1.58. The highest BCUT2D eigenvalue weighted by molar-refractivity contribution is 7.88. The third-order valence-corrected chi connectivity index (χ3v) is 4.87. The molecule has 0 heterocycles. The van der Waals surface area contributed by atoms with Gasteiger partial charge in [-0.05, 0) is 36.2 Å². The Bertz CT molecular complexity index is 794. The Labute approximate surface area is 147 Å². The van der Waals surface area contributed by atoms with Crippen LogP contribution in [0.15, 0.2) is 54.6 Å². The second-order valence-electron chi connectivity index (χ2n) is 5.39. The van der Waals surface area contributed by atoms with E-state index in [9.17, 15) is 13.2 Å². The quantitative estimate of drug-likeness (QED) is 0.819. The molecule has 1 amide bonds. The molecule has 0 atom stereocenters. The molecule has 0 radical (unpaired) electrons. The van der Waals surface area contributed by atoms with Gasteiger partial charge in [-0.15, -0.1) is 0 Å². The molecule has 2 rings (SSSR count). The molecule has 0 saturated heterocycles. The van der Waals surface area contributed by atoms with E-state index in [1.54, 1.807) is 36.4 Å². The predicted octanol–water partition coefficient (Wildman–Crippen LogP) is 2.78. The normalized spacial score (nSPS) is 11.5. The van der Waals surface area contributed by atoms with Crippen LogP contribution < -0.4 is 5.32 Å². The van der Waals surface area contributed by atoms with Gasteiger partial charge in [0.05, 0.1) is 12.8 Å². The molecule has 7 heteroatoms. The summed E-state index contributed by atoms with van der Waals surface area (Å²) in [5, 5.41) is 3.28. The maximum Gasteiger partial charge on any atom is 0.239 e. The van der Waals surface area contributed by atoms with E-state index in [1.165, 1.54) is 0 Å². The molecule has 5 nitrogen and oxygen atoms in total. The Kier molecular flexibility index (Phi) is 6.36. The Morgan fingerprint density at radius 2 is 1.83 bits per heavy atom. The Hall–Kier alpha value is -1.89. The highest BCUT2D eigenvalue weighted by Crippen LogP contribution is 2.12. The number of sulfonamides is 1. The maximum absolute atomic E-state index is 12.1. The van der Waals surface area contributed by atoms with Gasteiger partial charge in [-0.2, -0.15) is 4.31 Å². The monoisotopic (exact) mass is 366 g/mol. The molecule has 0 bridgehead atoms. The minimum Gasteiger partial charge on any atom is -0.325 e. The lowest BCUT2D eigenvalue weighted by Gasteiger charge is -2.19. The molecular formula is C17H19ClN2O3S. The SMILES string of the molecule is CS(=O)(=O)N(CCc1cccc(Cl)c1)CC(=O)Nc1ccccc1. The summed E-state index contributed by atoms with van der Waals surface area (Å²) in [6.45, 7) is -0.0182. The van der Waals surface area contributed by atoms with Crippen LogP contribution in [0.3, 0.4) is 0 Å². The van der Waals surface area contributed by atoms with Crippen LogP contribution in [0.5, 0.6) is 0 Å². The van der Waals surface area contributed by atoms with Gasteiger partial charge in [0, 0.05) is 17.3 Å². The number of rotatable bonds is 7. The largest absolute Gasteiger partial charge is 0.325 e. The second kappa shape index (κ2) is 8.28. The minimum atomic E-state index is -3.49. The predicted molar refractivity (Wildman–Crippen MR) is 96.6 cm³/mol. The molecule has 1 N–H and O–H groups in total. The van der Waals surface area contributed by atoms with Crippen molar-refractivity contribution >= 4 is 33.2 Å². The van der Waals surface area contributed by atoms with Crippen molar-refractivity contribution in [3.05, 3.63) is 65.2 Å². The average Bonchev–Trinajstić information content (AvgIpc) is 2.51. The van der Waals surface area contributed by atoms with Crippen molar-refractivity contribution in [1.82, 2.24) is 4.31 Å². The van der Waals surface area contributed by atoms with E-state index in [1.807, 2.05) is 18.2 Å². The van der Waals surface area contributed by atoms with Crippen LogP contribution in [0.2, 0.25) is 5.02 Å². The first-order valence-electron chi connectivity index (χ1n) is 7.39. The number of para-hydroxylation sites is 1. The van der Waals surface area contributed by atoms with E-state index in [0.717, 1.165) is 16.1 Å². The van der Waals surface area contributed by atoms with Gasteiger partial charge in [0.2, 0.25) is 15.9 Å². The molecule has 24 heavy (non-hydrogen) atoms. The number of anilines is 1. The van der Waals surface area contributed by atoms with Crippen molar-refractivity contribution in [2.24, 2.45) is 0 Å². The van der Waals surface area contributed by atoms with Crippen LogP contribution in [0.4, 0.5) is 5.69 Å². The molecule has 0 aliphatic heterocycles. The summed E-state index contributed by atoms with van der Waals surface area (Å²) in [7, 11) is -3.49. The van der Waals surface area contributed by atoms with Gasteiger partial charge >= 0.3 is 0 Å². The molecule has 2 aromatic carbocycles. The zero-order valence-corrected chi connectivity index (χ0v) is 14.8. The van der Waals surface area contributed by atoms with Crippen LogP contribution in [0.1, 0.15) is 5.56 Å². The zero-order chi connectivity index (χ0) is 17.6. The molecule has 0 unspecified atom stereocenters. The summed E-state index contributed by atoms with van der Waals surface area (Å²) in [6, 6.07) is 16.1. The van der Waals surface area contributed by atoms with Crippen LogP contribution in [-0.2, 0) is 21.2 Å². The molecule has 0 aromatic heterocycles. The number of carbonyl (C=O) groups excluding carboxylic acids is 1. The third-order valence-electron chi connectivity index (χ3n) is 3.39. The molecule has 0 aliphatic rings. The molecule has 128 valence electrons. The summed E-state index contributed by atoms with van der Waals surface area (Å²) in [5.41, 5.74) is 1.55. The standard InChI is InChI=1S/C17H19ClN2O3S/c1-24(22,23)20(11-10-14-6-5-7-15(18)12-14)13-17(21)19-16-8-3-2-4-9-16/h2-9,12H,10-11,13H2,1H3,(H,19,21). The topological polar surface area (TPSA) is 66.5 Å². The third kappa shape index (κ3) is 5.96. The number of benzene rings is 2. The Morgan fingerprint density at radius 1 is 1.12 bits per heavy atom. The van der Waals surface area contributed by atoms with E-state index in [4.69, 9.17) is 11.6 Å². The fourth-order valence-electron chi connectivity index (χ4n) is 2.19. The maximum atomic E-state index is 12.1. The van der Waals surface area contributed by atoms with Crippen molar-refractivity contribution in [2.45, 2.75) is 6.42 Å². The lowest BCUT2D eigenvalue weighted by Crippen LogP contribution is -2.38. The summed E-state index contributed by atoms with van der Waals surface area (Å²) in [4.78, 5) is 12.1. The average molecular weight is 367 g/mol. The van der Waals surface area contributed by atoms with E-state index >= 15 is 0 Å². The van der Waals surface area contributed by atoms with Crippen LogP contribution in [0.25, 0.3) is 0 Å². The first-order valence-corrected chi connectivity index (χ1v) is 9.62. The van der Waals surface area contributed by atoms with E-state index in [-0.39, 0.29) is 19.0 Å². The molecule has 0 fully saturated rings. The van der Waals surface area contributed by atoms with E-state index in [0.29, 0.717) is 17.1 Å². The van der Waals surface area contributed by atoms with E-state index in [2.05, 4.69) is 5.32 Å². The summed E-state index contributed by atoms with van der Waals surface area (Å²) in [5.74, 6) is -0.377. The van der Waals surface area contributed by atoms with Gasteiger partial charge in [0.1, 0.15) is 0 Å². The van der Waals surface area contributed by atoms with Gasteiger partial charge in [0.25, 0.3) is 0 Å². The Morgan fingerprint density at radius 3 is 2.46 bits per heavy atom. The highest BCUT2D eigenvalue weighted by atomic mass is 35.5. The fraction of sp³-hybridized carbons (Fsp3) is 0.235. The van der Waals surface area contributed by atoms with Crippen molar-refractivity contribution in [3.63, 3.8) is 0 Å². The van der Waals surface area contributed by atoms with Crippen molar-refractivity contribution in [3.8, 4) is 0 Å². The van der Waals surface area contributed by atoms with Gasteiger partial charge < -0.3 is 5.32 Å². The first kappa shape index (κ1) is 18.4. The lowest BCUT2D eigenvalue weighted by atomic mass is 10.1. The number of nitrogens with one attached hydrogen (secondary N) is 1. The molecular weight excluding hydrogens is 348 g/mol. The summed E-state index contributed by atoms with van der Waals surface area (Å²) < 4.78 is 25.0. The highest BCUT2D eigenvalue weighted by Gasteiger charge is 2.20. The van der Waals surface area contributed by atoms with E-state index < -0.39 is 10.0 Å². The van der Waals surface area contributed by atoms with Gasteiger partial charge in [-0.3, -0.25) is 4.79 Å². The number of carbonyl (C=O) groups is 1. The van der Waals surface area contributed by atoms with Crippen LogP contribution in [0, 0.1) is 0 Å². The molecule has 2 aromatic rings. The zero-order valence-electron chi connectivity index (χ0n) is 13.3. The van der Waals surface area contributed by atoms with Gasteiger partial charge in [-0.1, -0.05) is 41.9 Å². The van der Waals surface area contributed by atoms with Gasteiger partial charge in [0.15, 0.2) is 0 Å². The fourth-order valence-corrected chi connectivity index (χ4v) is 3.18. The van der Waals surface area contributed by atoms with Crippen LogP contribution in [-0.4, -0.2) is 38.0 Å². The van der Waals surface area contributed by atoms with Crippen molar-refractivity contribution in [1.29, 1.82) is 0 Å². The minimum absolute atomic E-state index is 0.210. The van der Waals surface area contributed by atoms with Gasteiger partial charge in [-0.25, -0.2) is 8.42 Å². The summed E-state index contributed by atoms with van der Waals surface area (Å²) >= 11 is 5.93. The van der Waals surface area contributed by atoms with Crippen molar-refractivity contribution in [2.75, 3.05) is 24.7 Å². The van der Waals surface area contributed by atoms with Crippen LogP contribution >= 0.6 is 11.6 Å². The smallest absolute Gasteiger partial charge is 0.239 e. The second-order valence-corrected chi connectivity index (χ2v) is 7.81. The molecule has 0 aliphatic carbocycles. The first-order chi connectivity index (χ1) is 11.3. The molecule has 0 saturated carbocycles. The Balaban J connectivity index is 1.99. The molecule has 0 spiro atoms. The lowest BCUT2D eigenvalue weighted by molar-refractivity contribution is -0.116. The number of hydrogen-bond donors (Lipinski definition) is 1. The number of nitrogens with zero attached hydrogens (tertiary/aromatic N) is 1. The number of amides is 1. The number of halogens is 1. The number of hydrogen-bond acceptors (Lipinski definition) is 3.